The van der Waals surface area contributed by atoms with Crippen LogP contribution >= 0.6 is 0 Å². The van der Waals surface area contributed by atoms with Gasteiger partial charge in [-0.2, -0.15) is 0 Å². The second-order valence-electron chi connectivity index (χ2n) is 5.10. The van der Waals surface area contributed by atoms with Gasteiger partial charge in [-0.25, -0.2) is 9.59 Å². The van der Waals surface area contributed by atoms with E-state index in [-0.39, 0.29) is 5.56 Å². The zero-order chi connectivity index (χ0) is 21.1. The number of hydrogen-bond donors (Lipinski definition) is 2. The maximum atomic E-state index is 10.8. The number of para-hydroxylation sites is 1. The van der Waals surface area contributed by atoms with Gasteiger partial charge in [0.2, 0.25) is 0 Å². The Morgan fingerprint density at radius 3 is 1.71 bits per heavy atom. The van der Waals surface area contributed by atoms with Gasteiger partial charge in [0.25, 0.3) is 0 Å². The van der Waals surface area contributed by atoms with Crippen LogP contribution in [0.15, 0.2) is 42.5 Å². The van der Waals surface area contributed by atoms with E-state index in [4.69, 9.17) is 29.2 Å². The van der Waals surface area contributed by atoms with Crippen molar-refractivity contribution in [3.05, 3.63) is 53.6 Å². The first-order valence-electron chi connectivity index (χ1n) is 7.95. The lowest BCUT2D eigenvalue weighted by Crippen LogP contribution is -2.03. The summed E-state index contributed by atoms with van der Waals surface area (Å²) in [7, 11) is 5.88. The van der Waals surface area contributed by atoms with Crippen molar-refractivity contribution in [3.8, 4) is 23.0 Å². The Morgan fingerprint density at radius 1 is 0.786 bits per heavy atom. The molecule has 0 unspecified atom stereocenters. The van der Waals surface area contributed by atoms with Crippen LogP contribution in [0.5, 0.6) is 23.0 Å². The second kappa shape index (κ2) is 11.1. The Kier molecular flexibility index (Phi) is 8.88. The predicted molar refractivity (Wildman–Crippen MR) is 103 cm³/mol. The fraction of sp³-hybridized carbons (Fsp3) is 0.200. The first kappa shape index (κ1) is 22.4. The molecule has 0 aromatic heterocycles. The molecule has 2 N–H and O–H groups in total. The summed E-state index contributed by atoms with van der Waals surface area (Å²) in [6.45, 7) is 0. The maximum absolute atomic E-state index is 10.8. The lowest BCUT2D eigenvalue weighted by molar-refractivity contribution is -0.131. The predicted octanol–water partition coefficient (Wildman–Crippen LogP) is 3.20. The highest BCUT2D eigenvalue weighted by molar-refractivity contribution is 5.94. The van der Waals surface area contributed by atoms with Crippen LogP contribution < -0.4 is 18.9 Å². The second-order valence-corrected chi connectivity index (χ2v) is 5.10. The van der Waals surface area contributed by atoms with Gasteiger partial charge in [-0.1, -0.05) is 18.2 Å². The van der Waals surface area contributed by atoms with E-state index in [2.05, 4.69) is 0 Å². The Hall–Kier alpha value is -3.68. The van der Waals surface area contributed by atoms with E-state index in [0.29, 0.717) is 28.6 Å². The Labute approximate surface area is 162 Å². The van der Waals surface area contributed by atoms with Gasteiger partial charge in [0.05, 0.1) is 28.4 Å². The van der Waals surface area contributed by atoms with Gasteiger partial charge in [0.1, 0.15) is 17.1 Å². The average Bonchev–Trinajstić information content (AvgIpc) is 2.71. The van der Waals surface area contributed by atoms with Crippen LogP contribution in [0, 0.1) is 0 Å². The van der Waals surface area contributed by atoms with E-state index in [0.717, 1.165) is 6.08 Å². The van der Waals surface area contributed by atoms with Crippen molar-refractivity contribution in [1.29, 1.82) is 0 Å². The molecule has 0 bridgehead atoms. The van der Waals surface area contributed by atoms with Crippen LogP contribution in [0.4, 0.5) is 0 Å². The van der Waals surface area contributed by atoms with Gasteiger partial charge in [-0.15, -0.1) is 0 Å². The molecular formula is C20H22O8. The molecule has 0 saturated heterocycles. The summed E-state index contributed by atoms with van der Waals surface area (Å²) in [5.41, 5.74) is 0.715. The lowest BCUT2D eigenvalue weighted by atomic mass is 10.1. The maximum Gasteiger partial charge on any atom is 0.343 e. The van der Waals surface area contributed by atoms with E-state index < -0.39 is 11.9 Å². The molecule has 0 saturated carbocycles. The summed E-state index contributed by atoms with van der Waals surface area (Å²) in [5, 5.41) is 17.4. The smallest absolute Gasteiger partial charge is 0.343 e. The van der Waals surface area contributed by atoms with Crippen LogP contribution in [-0.2, 0) is 4.79 Å². The minimum Gasteiger partial charge on any atom is -0.496 e. The molecule has 0 radical (unpaired) electrons. The van der Waals surface area contributed by atoms with E-state index in [1.165, 1.54) is 34.5 Å². The minimum absolute atomic E-state index is 0.0486. The molecule has 0 spiro atoms. The molecule has 2 aromatic carbocycles. The highest BCUT2D eigenvalue weighted by Gasteiger charge is 2.16. The first-order chi connectivity index (χ1) is 13.4. The number of carbonyl (C=O) groups is 2. The summed E-state index contributed by atoms with van der Waals surface area (Å²) in [6.07, 6.45) is 2.51. The van der Waals surface area contributed by atoms with Gasteiger partial charge in [0, 0.05) is 11.6 Å². The zero-order valence-corrected chi connectivity index (χ0v) is 16.0. The van der Waals surface area contributed by atoms with Gasteiger partial charge in [-0.05, 0) is 24.3 Å². The van der Waals surface area contributed by atoms with Crippen molar-refractivity contribution in [2.45, 2.75) is 0 Å². The first-order valence-corrected chi connectivity index (χ1v) is 7.95. The van der Waals surface area contributed by atoms with Gasteiger partial charge in [0.15, 0.2) is 11.5 Å². The van der Waals surface area contributed by atoms with Crippen molar-refractivity contribution < 1.29 is 38.7 Å². The molecule has 0 aliphatic rings. The van der Waals surface area contributed by atoms with Crippen molar-refractivity contribution in [3.63, 3.8) is 0 Å². The number of hydrogen-bond acceptors (Lipinski definition) is 6. The molecule has 0 atom stereocenters. The van der Waals surface area contributed by atoms with Crippen LogP contribution in [-0.4, -0.2) is 50.6 Å². The van der Waals surface area contributed by atoms with Crippen LogP contribution in [0.25, 0.3) is 6.08 Å². The molecule has 8 nitrogen and oxygen atoms in total. The van der Waals surface area contributed by atoms with Crippen molar-refractivity contribution in [2.24, 2.45) is 0 Å². The molecule has 8 heteroatoms. The molecule has 150 valence electrons. The molecule has 0 heterocycles. The number of ether oxygens (including phenoxy) is 4. The summed E-state index contributed by atoms with van der Waals surface area (Å²) >= 11 is 0. The molecule has 0 amide bonds. The molecule has 0 aliphatic carbocycles. The number of aliphatic carboxylic acids is 1. The van der Waals surface area contributed by atoms with E-state index >= 15 is 0 Å². The van der Waals surface area contributed by atoms with Crippen LogP contribution in [0.1, 0.15) is 15.9 Å². The van der Waals surface area contributed by atoms with Crippen molar-refractivity contribution in [1.82, 2.24) is 0 Å². The zero-order valence-electron chi connectivity index (χ0n) is 16.0. The van der Waals surface area contributed by atoms with Crippen LogP contribution in [0.2, 0.25) is 0 Å². The average molecular weight is 390 g/mol. The Morgan fingerprint density at radius 2 is 1.29 bits per heavy atom. The number of rotatable bonds is 7. The molecule has 28 heavy (non-hydrogen) atoms. The highest BCUT2D eigenvalue weighted by atomic mass is 16.5. The molecule has 0 fully saturated rings. The topological polar surface area (TPSA) is 112 Å². The summed E-state index contributed by atoms with van der Waals surface area (Å²) in [6, 6.07) is 10.1. The summed E-state index contributed by atoms with van der Waals surface area (Å²) < 4.78 is 20.0. The van der Waals surface area contributed by atoms with Crippen molar-refractivity contribution in [2.75, 3.05) is 28.4 Å². The number of benzene rings is 2. The number of carboxylic acids is 2. The van der Waals surface area contributed by atoms with E-state index in [1.54, 1.807) is 36.4 Å². The SMILES string of the molecule is COc1cccc(C=CC(=O)O)c1OC.COc1cccc(OC)c1C(=O)O. The fourth-order valence-electron chi connectivity index (χ4n) is 2.27. The third-order valence-corrected chi connectivity index (χ3v) is 3.48. The summed E-state index contributed by atoms with van der Waals surface area (Å²) in [4.78, 5) is 21.2. The summed E-state index contributed by atoms with van der Waals surface area (Å²) in [5.74, 6) is -0.365. The van der Waals surface area contributed by atoms with Crippen LogP contribution in [0.3, 0.4) is 0 Å². The van der Waals surface area contributed by atoms with E-state index in [1.807, 2.05) is 0 Å². The lowest BCUT2D eigenvalue weighted by Gasteiger charge is -2.09. The third kappa shape index (κ3) is 5.94. The Balaban J connectivity index is 0.000000283. The molecular weight excluding hydrogens is 368 g/mol. The molecule has 2 rings (SSSR count). The number of carboxylic acid groups (broad SMARTS) is 2. The van der Waals surface area contributed by atoms with Crippen molar-refractivity contribution >= 4 is 18.0 Å². The monoisotopic (exact) mass is 390 g/mol. The van der Waals surface area contributed by atoms with E-state index in [9.17, 15) is 9.59 Å². The number of aromatic carboxylic acids is 1. The Bertz CT molecular complexity index is 820. The van der Waals surface area contributed by atoms with Gasteiger partial charge in [-0.3, -0.25) is 0 Å². The number of methoxy groups -OCH3 is 4. The third-order valence-electron chi connectivity index (χ3n) is 3.48. The quantitative estimate of drug-likeness (QED) is 0.693. The van der Waals surface area contributed by atoms with Gasteiger partial charge < -0.3 is 29.2 Å². The molecule has 0 aliphatic heterocycles. The minimum atomic E-state index is -1.06. The fourth-order valence-corrected chi connectivity index (χ4v) is 2.27. The largest absolute Gasteiger partial charge is 0.496 e. The normalized spacial score (nSPS) is 9.86. The highest BCUT2D eigenvalue weighted by Crippen LogP contribution is 2.31. The molecule has 2 aromatic rings. The van der Waals surface area contributed by atoms with Gasteiger partial charge >= 0.3 is 11.9 Å². The standard InChI is InChI=1S/C11H12O4.C9H10O4/c1-14-9-5-3-4-8(11(9)15-2)6-7-10(12)13;1-12-6-4-3-5-7(13-2)8(6)9(10)11/h3-7H,1-2H3,(H,12,13);3-5H,1-2H3,(H,10,11).